The molecule has 0 spiro atoms. The van der Waals surface area contributed by atoms with E-state index in [4.69, 9.17) is 4.74 Å². The summed E-state index contributed by atoms with van der Waals surface area (Å²) in [5.41, 5.74) is 3.16. The summed E-state index contributed by atoms with van der Waals surface area (Å²) < 4.78 is 5.43. The topological polar surface area (TPSA) is 90.9 Å². The number of aliphatic imine (C=N–C) groups is 1. The van der Waals surface area contributed by atoms with Gasteiger partial charge in [0.15, 0.2) is 5.96 Å². The van der Waals surface area contributed by atoms with Crippen molar-refractivity contribution in [2.24, 2.45) is 4.99 Å². The molecular weight excluding hydrogens is 368 g/mol. The van der Waals surface area contributed by atoms with Crippen LogP contribution in [0.3, 0.4) is 0 Å². The van der Waals surface area contributed by atoms with E-state index in [1.54, 1.807) is 31.6 Å². The summed E-state index contributed by atoms with van der Waals surface area (Å²) in [5, 5.41) is 9.11. The molecule has 1 fully saturated rings. The van der Waals surface area contributed by atoms with Gasteiger partial charge in [0.1, 0.15) is 0 Å². The van der Waals surface area contributed by atoms with Crippen LogP contribution in [-0.2, 0) is 22.6 Å². The van der Waals surface area contributed by atoms with Crippen LogP contribution in [0.1, 0.15) is 11.1 Å². The number of guanidine groups is 1. The van der Waals surface area contributed by atoms with Gasteiger partial charge >= 0.3 is 0 Å². The highest BCUT2D eigenvalue weighted by Crippen LogP contribution is 2.13. The number of hydrogen-bond donors (Lipinski definition) is 3. The van der Waals surface area contributed by atoms with Crippen molar-refractivity contribution in [3.8, 4) is 0 Å². The van der Waals surface area contributed by atoms with Crippen molar-refractivity contribution in [2.75, 3.05) is 45.2 Å². The molecule has 8 nitrogen and oxygen atoms in total. The number of hydrogen-bond acceptors (Lipinski definition) is 5. The van der Waals surface area contributed by atoms with Crippen LogP contribution in [0.15, 0.2) is 53.8 Å². The normalized spacial score (nSPS) is 15.0. The fourth-order valence-corrected chi connectivity index (χ4v) is 3.09. The third-order valence-electron chi connectivity index (χ3n) is 4.65. The Morgan fingerprint density at radius 2 is 1.93 bits per heavy atom. The Morgan fingerprint density at radius 3 is 2.66 bits per heavy atom. The van der Waals surface area contributed by atoms with Crippen LogP contribution >= 0.6 is 0 Å². The van der Waals surface area contributed by atoms with Crippen molar-refractivity contribution in [3.63, 3.8) is 0 Å². The monoisotopic (exact) mass is 396 g/mol. The Balaban J connectivity index is 1.48. The van der Waals surface area contributed by atoms with Crippen molar-refractivity contribution in [2.45, 2.75) is 13.1 Å². The largest absolute Gasteiger partial charge is 0.379 e. The van der Waals surface area contributed by atoms with Crippen molar-refractivity contribution >= 4 is 17.6 Å². The van der Waals surface area contributed by atoms with Crippen molar-refractivity contribution in [1.29, 1.82) is 0 Å². The van der Waals surface area contributed by atoms with E-state index in [1.165, 1.54) is 11.1 Å². The average molecular weight is 396 g/mol. The molecule has 8 heteroatoms. The fourth-order valence-electron chi connectivity index (χ4n) is 3.09. The highest BCUT2D eigenvalue weighted by atomic mass is 16.5. The maximum Gasteiger partial charge on any atom is 0.243 e. The molecule has 1 aliphatic rings. The second-order valence-electron chi connectivity index (χ2n) is 6.73. The second-order valence-corrected chi connectivity index (χ2v) is 6.73. The summed E-state index contributed by atoms with van der Waals surface area (Å²) in [7, 11) is 1.69. The summed E-state index contributed by atoms with van der Waals surface area (Å²) >= 11 is 0. The van der Waals surface area contributed by atoms with E-state index in [9.17, 15) is 4.79 Å². The zero-order valence-corrected chi connectivity index (χ0v) is 16.7. The van der Waals surface area contributed by atoms with Gasteiger partial charge < -0.3 is 20.7 Å². The van der Waals surface area contributed by atoms with E-state index in [-0.39, 0.29) is 12.5 Å². The Bertz CT molecular complexity index is 806. The maximum atomic E-state index is 12.1. The molecule has 2 aromatic rings. The number of carbonyl (C=O) groups excluding carboxylic acids is 1. The van der Waals surface area contributed by atoms with Gasteiger partial charge in [0.05, 0.1) is 31.6 Å². The van der Waals surface area contributed by atoms with E-state index < -0.39 is 0 Å². The molecule has 0 aliphatic carbocycles. The number of ether oxygens (including phenoxy) is 1. The molecule has 0 unspecified atom stereocenters. The Hall–Kier alpha value is -2.97. The Morgan fingerprint density at radius 1 is 1.14 bits per heavy atom. The van der Waals surface area contributed by atoms with E-state index in [0.29, 0.717) is 18.2 Å². The molecule has 29 heavy (non-hydrogen) atoms. The minimum Gasteiger partial charge on any atom is -0.379 e. The van der Waals surface area contributed by atoms with Gasteiger partial charge in [-0.25, -0.2) is 0 Å². The molecule has 3 N–H and O–H groups in total. The van der Waals surface area contributed by atoms with Gasteiger partial charge in [-0.2, -0.15) is 0 Å². The molecule has 0 atom stereocenters. The minimum absolute atomic E-state index is 0.115. The van der Waals surface area contributed by atoms with Crippen LogP contribution in [0.25, 0.3) is 0 Å². The molecule has 0 saturated carbocycles. The highest BCUT2D eigenvalue weighted by Gasteiger charge is 2.13. The number of anilines is 1. The highest BCUT2D eigenvalue weighted by molar-refractivity contribution is 5.94. The maximum absolute atomic E-state index is 12.1. The fraction of sp³-hybridized carbons (Fsp3) is 0.381. The summed E-state index contributed by atoms with van der Waals surface area (Å²) in [5.74, 6) is 0.418. The molecular formula is C21H28N6O2. The van der Waals surface area contributed by atoms with Crippen LogP contribution in [0.4, 0.5) is 5.69 Å². The van der Waals surface area contributed by atoms with Gasteiger partial charge in [-0.1, -0.05) is 24.3 Å². The molecule has 1 saturated heterocycles. The molecule has 1 amide bonds. The first-order valence-corrected chi connectivity index (χ1v) is 9.76. The quantitative estimate of drug-likeness (QED) is 0.482. The molecule has 1 aromatic carbocycles. The van der Waals surface area contributed by atoms with Crippen LogP contribution < -0.4 is 16.0 Å². The molecule has 0 radical (unpaired) electrons. The van der Waals surface area contributed by atoms with Crippen LogP contribution in [0.5, 0.6) is 0 Å². The van der Waals surface area contributed by atoms with Crippen molar-refractivity contribution in [1.82, 2.24) is 20.5 Å². The van der Waals surface area contributed by atoms with E-state index in [0.717, 1.165) is 32.8 Å². The van der Waals surface area contributed by atoms with E-state index >= 15 is 0 Å². The summed E-state index contributed by atoms with van der Waals surface area (Å²) in [6.07, 6.45) is 3.27. The number of rotatable bonds is 7. The lowest BCUT2D eigenvalue weighted by atomic mass is 10.1. The number of nitrogens with zero attached hydrogens (tertiary/aromatic N) is 3. The standard InChI is InChI=1S/C21H28N6O2/c1-22-21(25-15-20(28)26-19-7-4-8-23-14-19)24-13-17-5-2-3-6-18(17)16-27-9-11-29-12-10-27/h2-8,14H,9-13,15-16H2,1H3,(H,26,28)(H2,22,24,25). The van der Waals surface area contributed by atoms with Gasteiger partial charge in [0, 0.05) is 39.4 Å². The lowest BCUT2D eigenvalue weighted by Gasteiger charge is -2.27. The van der Waals surface area contributed by atoms with E-state index in [1.807, 2.05) is 6.07 Å². The van der Waals surface area contributed by atoms with Gasteiger partial charge in [-0.3, -0.25) is 19.7 Å². The third-order valence-corrected chi connectivity index (χ3v) is 4.65. The number of amides is 1. The average Bonchev–Trinajstić information content (AvgIpc) is 2.76. The SMILES string of the molecule is CN=C(NCC(=O)Nc1cccnc1)NCc1ccccc1CN1CCOCC1. The molecule has 1 aromatic heterocycles. The van der Waals surface area contributed by atoms with Gasteiger partial charge in [0.25, 0.3) is 0 Å². The summed E-state index contributed by atoms with van der Waals surface area (Å²) in [6.45, 7) is 5.14. The second kappa shape index (κ2) is 11.1. The first-order valence-electron chi connectivity index (χ1n) is 9.76. The van der Waals surface area contributed by atoms with Crippen molar-refractivity contribution in [3.05, 3.63) is 59.9 Å². The Labute approximate surface area is 171 Å². The lowest BCUT2D eigenvalue weighted by molar-refractivity contribution is -0.115. The van der Waals surface area contributed by atoms with Crippen LogP contribution in [0, 0.1) is 0 Å². The van der Waals surface area contributed by atoms with E-state index in [2.05, 4.69) is 49.0 Å². The molecule has 0 bridgehead atoms. The third kappa shape index (κ3) is 6.85. The number of nitrogens with one attached hydrogen (secondary N) is 3. The summed E-state index contributed by atoms with van der Waals surface area (Å²) in [6, 6.07) is 11.9. The predicted molar refractivity (Wildman–Crippen MR) is 114 cm³/mol. The Kier molecular flexibility index (Phi) is 7.97. The molecule has 154 valence electrons. The molecule has 1 aliphatic heterocycles. The van der Waals surface area contributed by atoms with Gasteiger partial charge in [0.2, 0.25) is 5.91 Å². The zero-order valence-electron chi connectivity index (χ0n) is 16.7. The molecule has 2 heterocycles. The number of aromatic nitrogens is 1. The predicted octanol–water partition coefficient (Wildman–Crippen LogP) is 1.22. The smallest absolute Gasteiger partial charge is 0.243 e. The molecule has 3 rings (SSSR count). The minimum atomic E-state index is -0.159. The summed E-state index contributed by atoms with van der Waals surface area (Å²) in [4.78, 5) is 22.7. The number of carbonyl (C=O) groups is 1. The number of pyridine rings is 1. The first kappa shape index (κ1) is 20.8. The zero-order chi connectivity index (χ0) is 20.3. The van der Waals surface area contributed by atoms with Gasteiger partial charge in [-0.05, 0) is 23.3 Å². The van der Waals surface area contributed by atoms with Gasteiger partial charge in [-0.15, -0.1) is 0 Å². The van der Waals surface area contributed by atoms with Crippen LogP contribution in [0.2, 0.25) is 0 Å². The number of morpholine rings is 1. The number of benzene rings is 1. The van der Waals surface area contributed by atoms with Crippen LogP contribution in [-0.4, -0.2) is 61.6 Å². The van der Waals surface area contributed by atoms with Crippen molar-refractivity contribution < 1.29 is 9.53 Å². The lowest BCUT2D eigenvalue weighted by Crippen LogP contribution is -2.41. The first-order chi connectivity index (χ1) is 14.2.